The van der Waals surface area contributed by atoms with E-state index < -0.39 is 0 Å². The highest BCUT2D eigenvalue weighted by molar-refractivity contribution is 5.80. The van der Waals surface area contributed by atoms with Gasteiger partial charge in [-0.25, -0.2) is 4.79 Å². The Bertz CT molecular complexity index is 1590. The maximum atomic E-state index is 13.9. The van der Waals surface area contributed by atoms with E-state index in [1.54, 1.807) is 21.4 Å². The topological polar surface area (TPSA) is 116 Å². The third kappa shape index (κ3) is 4.72. The van der Waals surface area contributed by atoms with Crippen molar-refractivity contribution in [3.05, 3.63) is 88.5 Å². The van der Waals surface area contributed by atoms with E-state index >= 15 is 0 Å². The van der Waals surface area contributed by atoms with Crippen LogP contribution in [0.25, 0.3) is 28.3 Å². The van der Waals surface area contributed by atoms with E-state index in [0.29, 0.717) is 23.8 Å². The van der Waals surface area contributed by atoms with Gasteiger partial charge in [0.25, 0.3) is 0 Å². The molecule has 0 aliphatic heterocycles. The van der Waals surface area contributed by atoms with Crippen LogP contribution >= 0.6 is 0 Å². The van der Waals surface area contributed by atoms with Crippen molar-refractivity contribution in [1.29, 1.82) is 0 Å². The van der Waals surface area contributed by atoms with Gasteiger partial charge in [-0.1, -0.05) is 37.6 Å². The number of carbonyl (C=O) groups excluding carboxylic acids is 1. The molecule has 5 aromatic rings. The standard InChI is InChI=1S/C28H30N8O2/c1-4-5-6-24-17-36(27-22(18-37)12-14-34(27)19(2)3)28(38)35(24)16-23-15-29-13-11-25(23)20-7-9-21(10-8-20)26-30-32-33-31-26/h7-15,17-19H,4-6,16H2,1-3H3,(H,30,31,32,33). The first-order chi connectivity index (χ1) is 18.5. The summed E-state index contributed by atoms with van der Waals surface area (Å²) in [6, 6.07) is 11.7. The third-order valence-corrected chi connectivity index (χ3v) is 6.71. The van der Waals surface area contributed by atoms with Crippen LogP contribution in [-0.2, 0) is 13.0 Å². The normalized spacial score (nSPS) is 11.4. The predicted octanol–water partition coefficient (Wildman–Crippen LogP) is 4.47. The van der Waals surface area contributed by atoms with Crippen molar-refractivity contribution in [1.82, 2.24) is 39.3 Å². The van der Waals surface area contributed by atoms with Gasteiger partial charge in [-0.2, -0.15) is 5.21 Å². The molecule has 0 unspecified atom stereocenters. The van der Waals surface area contributed by atoms with Gasteiger partial charge in [-0.15, -0.1) is 10.2 Å². The Morgan fingerprint density at radius 3 is 2.55 bits per heavy atom. The maximum absolute atomic E-state index is 13.9. The Hall–Kier alpha value is -4.60. The molecule has 0 radical (unpaired) electrons. The summed E-state index contributed by atoms with van der Waals surface area (Å²) in [7, 11) is 0. The molecular formula is C28H30N8O2. The van der Waals surface area contributed by atoms with Gasteiger partial charge < -0.3 is 4.57 Å². The first kappa shape index (κ1) is 25.1. The van der Waals surface area contributed by atoms with Crippen molar-refractivity contribution in [2.24, 2.45) is 0 Å². The lowest BCUT2D eigenvalue weighted by Crippen LogP contribution is -2.27. The molecule has 10 heteroatoms. The molecule has 0 saturated carbocycles. The molecule has 1 aromatic carbocycles. The lowest BCUT2D eigenvalue weighted by Gasteiger charge is -2.14. The second-order valence-corrected chi connectivity index (χ2v) is 9.52. The maximum Gasteiger partial charge on any atom is 0.334 e. The zero-order valence-corrected chi connectivity index (χ0v) is 21.7. The third-order valence-electron chi connectivity index (χ3n) is 6.71. The van der Waals surface area contributed by atoms with Gasteiger partial charge >= 0.3 is 5.69 Å². The van der Waals surface area contributed by atoms with Crippen LogP contribution in [0.3, 0.4) is 0 Å². The number of unbranched alkanes of at least 4 members (excludes halogenated alkanes) is 1. The average Bonchev–Trinajstić information content (AvgIpc) is 3.68. The number of hydrogen-bond donors (Lipinski definition) is 1. The smallest absolute Gasteiger partial charge is 0.331 e. The number of aldehydes is 1. The number of aromatic nitrogens is 8. The molecule has 0 amide bonds. The van der Waals surface area contributed by atoms with Gasteiger partial charge in [0.2, 0.25) is 5.82 Å². The largest absolute Gasteiger partial charge is 0.334 e. The van der Waals surface area contributed by atoms with Gasteiger partial charge in [0, 0.05) is 42.1 Å². The number of rotatable bonds is 10. The second-order valence-electron chi connectivity index (χ2n) is 9.52. The zero-order valence-electron chi connectivity index (χ0n) is 21.7. The van der Waals surface area contributed by atoms with Crippen LogP contribution in [-0.4, -0.2) is 45.6 Å². The number of aryl methyl sites for hydroxylation is 1. The summed E-state index contributed by atoms with van der Waals surface area (Å²) in [5, 5.41) is 14.2. The van der Waals surface area contributed by atoms with Crippen molar-refractivity contribution < 1.29 is 4.79 Å². The van der Waals surface area contributed by atoms with Crippen LogP contribution in [0.4, 0.5) is 0 Å². The van der Waals surface area contributed by atoms with Crippen LogP contribution in [0, 0.1) is 0 Å². The summed E-state index contributed by atoms with van der Waals surface area (Å²) in [5.74, 6) is 1.13. The Labute approximate surface area is 220 Å². The first-order valence-corrected chi connectivity index (χ1v) is 12.8. The molecule has 0 aliphatic rings. The molecule has 0 saturated heterocycles. The fourth-order valence-corrected chi connectivity index (χ4v) is 4.72. The van der Waals surface area contributed by atoms with Gasteiger partial charge in [-0.3, -0.25) is 18.9 Å². The van der Waals surface area contributed by atoms with Crippen LogP contribution in [0.15, 0.2) is 66.0 Å². The van der Waals surface area contributed by atoms with Gasteiger partial charge in [0.15, 0.2) is 6.29 Å². The highest BCUT2D eigenvalue weighted by atomic mass is 16.2. The van der Waals surface area contributed by atoms with Crippen LogP contribution < -0.4 is 5.69 Å². The minimum atomic E-state index is -0.179. The van der Waals surface area contributed by atoms with Crippen molar-refractivity contribution in [3.8, 4) is 28.3 Å². The molecule has 194 valence electrons. The summed E-state index contributed by atoms with van der Waals surface area (Å²) in [6.07, 6.45) is 10.8. The monoisotopic (exact) mass is 510 g/mol. The Morgan fingerprint density at radius 2 is 1.87 bits per heavy atom. The number of nitrogens with zero attached hydrogens (tertiary/aromatic N) is 7. The molecule has 4 aromatic heterocycles. The fraction of sp³-hybridized carbons (Fsp3) is 0.286. The minimum Gasteiger partial charge on any atom is -0.331 e. The summed E-state index contributed by atoms with van der Waals surface area (Å²) in [5.41, 5.74) is 4.99. The molecule has 0 fully saturated rings. The van der Waals surface area contributed by atoms with E-state index in [1.165, 1.54) is 0 Å². The molecule has 4 heterocycles. The Morgan fingerprint density at radius 1 is 1.08 bits per heavy atom. The van der Waals surface area contributed by atoms with Crippen molar-refractivity contribution in [2.75, 3.05) is 0 Å². The summed E-state index contributed by atoms with van der Waals surface area (Å²) < 4.78 is 5.38. The highest BCUT2D eigenvalue weighted by Gasteiger charge is 2.20. The molecule has 5 rings (SSSR count). The molecule has 1 N–H and O–H groups in total. The predicted molar refractivity (Wildman–Crippen MR) is 144 cm³/mol. The number of nitrogens with one attached hydrogen (secondary N) is 1. The Kier molecular flexibility index (Phi) is 7.12. The van der Waals surface area contributed by atoms with Crippen molar-refractivity contribution >= 4 is 6.29 Å². The molecule has 38 heavy (non-hydrogen) atoms. The number of aromatic amines is 1. The van der Waals surface area contributed by atoms with Crippen molar-refractivity contribution in [3.63, 3.8) is 0 Å². The fourth-order valence-electron chi connectivity index (χ4n) is 4.72. The highest BCUT2D eigenvalue weighted by Crippen LogP contribution is 2.27. The number of hydrogen-bond acceptors (Lipinski definition) is 6. The van der Waals surface area contributed by atoms with Crippen LogP contribution in [0.2, 0.25) is 0 Å². The number of tetrazole rings is 1. The van der Waals surface area contributed by atoms with E-state index in [1.807, 2.05) is 67.3 Å². The lowest BCUT2D eigenvalue weighted by molar-refractivity contribution is 0.112. The van der Waals surface area contributed by atoms with Crippen LogP contribution in [0.1, 0.15) is 61.3 Å². The van der Waals surface area contributed by atoms with E-state index in [0.717, 1.165) is 53.5 Å². The quantitative estimate of drug-likeness (QED) is 0.277. The van der Waals surface area contributed by atoms with E-state index in [-0.39, 0.29) is 11.7 Å². The summed E-state index contributed by atoms with van der Waals surface area (Å²) in [4.78, 5) is 30.1. The van der Waals surface area contributed by atoms with Gasteiger partial charge in [0.05, 0.1) is 12.1 Å². The van der Waals surface area contributed by atoms with Gasteiger partial charge in [-0.05, 0) is 60.7 Å². The lowest BCUT2D eigenvalue weighted by atomic mass is 10.00. The molecule has 0 aliphatic carbocycles. The number of benzene rings is 1. The Balaban J connectivity index is 1.57. The number of carbonyl (C=O) groups is 1. The first-order valence-electron chi connectivity index (χ1n) is 12.8. The minimum absolute atomic E-state index is 0.0911. The number of imidazole rings is 1. The molecule has 0 atom stereocenters. The molecular weight excluding hydrogens is 480 g/mol. The molecule has 0 spiro atoms. The number of pyridine rings is 1. The second kappa shape index (κ2) is 10.8. The summed E-state index contributed by atoms with van der Waals surface area (Å²) in [6.45, 7) is 6.55. The van der Waals surface area contributed by atoms with E-state index in [2.05, 4.69) is 32.5 Å². The summed E-state index contributed by atoms with van der Waals surface area (Å²) >= 11 is 0. The van der Waals surface area contributed by atoms with Gasteiger partial charge in [0.1, 0.15) is 5.82 Å². The SMILES string of the molecule is CCCCc1cn(-c2c(C=O)ccn2C(C)C)c(=O)n1Cc1cnccc1-c1ccc(-c2nn[nH]n2)cc1. The van der Waals surface area contributed by atoms with E-state index in [4.69, 9.17) is 0 Å². The zero-order chi connectivity index (χ0) is 26.6. The van der Waals surface area contributed by atoms with Crippen molar-refractivity contribution in [2.45, 2.75) is 52.6 Å². The molecule has 10 nitrogen and oxygen atoms in total. The molecule has 0 bridgehead atoms. The number of H-pyrrole nitrogens is 1. The van der Waals surface area contributed by atoms with E-state index in [9.17, 15) is 9.59 Å². The van der Waals surface area contributed by atoms with Crippen LogP contribution in [0.5, 0.6) is 0 Å². The average molecular weight is 511 g/mol.